The van der Waals surface area contributed by atoms with Crippen molar-refractivity contribution in [1.82, 2.24) is 4.98 Å². The number of ether oxygens (including phenoxy) is 2. The van der Waals surface area contributed by atoms with E-state index < -0.39 is 0 Å². The van der Waals surface area contributed by atoms with Crippen molar-refractivity contribution in [3.8, 4) is 11.5 Å². The van der Waals surface area contributed by atoms with Crippen molar-refractivity contribution in [2.45, 2.75) is 0 Å². The van der Waals surface area contributed by atoms with Gasteiger partial charge < -0.3 is 0 Å². The maximum atomic E-state index is 5.19. The number of methoxy groups -OCH3 is 2. The monoisotopic (exact) mass is 243 g/mol. The molecule has 0 spiro atoms. The fourth-order valence-corrected chi connectivity index (χ4v) is 2.63. The number of nitrogens with zero attached hydrogens (tertiary/aromatic N) is 1. The maximum absolute atomic E-state index is 5.19. The summed E-state index contributed by atoms with van der Waals surface area (Å²) in [5.41, 5.74) is 1.01. The van der Waals surface area contributed by atoms with E-state index in [2.05, 4.69) is 4.98 Å². The topological polar surface area (TPSA) is 31.4 Å². The molecular weight excluding hydrogens is 233 g/mol. The average Bonchev–Trinajstić information content (AvgIpc) is 2.62. The van der Waals surface area contributed by atoms with Crippen LogP contribution in [-0.4, -0.2) is 33.7 Å². The molecule has 0 amide bonds. The minimum atomic E-state index is 0.356. The summed E-state index contributed by atoms with van der Waals surface area (Å²) in [4.78, 5) is 4.25. The zero-order valence-corrected chi connectivity index (χ0v) is 9.12. The van der Waals surface area contributed by atoms with Crippen LogP contribution in [0.3, 0.4) is 0 Å². The van der Waals surface area contributed by atoms with Crippen LogP contribution in [0.2, 0.25) is 0 Å². The van der Waals surface area contributed by atoms with Crippen LogP contribution in [-0.2, 0) is 0 Å². The summed E-state index contributed by atoms with van der Waals surface area (Å²) in [6, 6.07) is 3.92. The number of benzene rings is 1. The Morgan fingerprint density at radius 3 is 2.54 bits per heavy atom. The molecule has 13 heavy (non-hydrogen) atoms. The summed E-state index contributed by atoms with van der Waals surface area (Å²) < 4.78 is 11.6. The fourth-order valence-electron chi connectivity index (χ4n) is 1.18. The van der Waals surface area contributed by atoms with Gasteiger partial charge in [-0.25, -0.2) is 0 Å². The van der Waals surface area contributed by atoms with Gasteiger partial charge in [-0.15, -0.1) is 0 Å². The second-order valence-corrected chi connectivity index (χ2v) is 4.39. The number of aromatic nitrogens is 1. The minimum absolute atomic E-state index is 0.356. The van der Waals surface area contributed by atoms with Crippen LogP contribution in [0.25, 0.3) is 9.78 Å². The quantitative estimate of drug-likeness (QED) is 0.744. The number of hydrogen-bond acceptors (Lipinski definition) is 3. The second kappa shape index (κ2) is 3.40. The first-order valence-corrected chi connectivity index (χ1v) is 5.65. The van der Waals surface area contributed by atoms with E-state index >= 15 is 0 Å². The van der Waals surface area contributed by atoms with Gasteiger partial charge in [-0.3, -0.25) is 0 Å². The molecule has 0 unspecified atom stereocenters. The first-order chi connectivity index (χ1) is 6.35. The van der Waals surface area contributed by atoms with E-state index in [1.807, 2.05) is 17.2 Å². The van der Waals surface area contributed by atoms with Crippen molar-refractivity contribution in [1.29, 1.82) is 0 Å². The van der Waals surface area contributed by atoms with Gasteiger partial charge in [0, 0.05) is 0 Å². The zero-order chi connectivity index (χ0) is 9.26. The van der Waals surface area contributed by atoms with Crippen LogP contribution in [0, 0.1) is 0 Å². The van der Waals surface area contributed by atoms with Gasteiger partial charge in [0.25, 0.3) is 0 Å². The Labute approximate surface area is 82.0 Å². The Hall–Kier alpha value is -0.991. The molecule has 0 bridgehead atoms. The van der Waals surface area contributed by atoms with E-state index in [1.54, 1.807) is 14.2 Å². The van der Waals surface area contributed by atoms with Crippen molar-refractivity contribution in [3.63, 3.8) is 0 Å². The molecule has 0 saturated heterocycles. The summed E-state index contributed by atoms with van der Waals surface area (Å²) in [5, 5.41) is 1.95. The number of rotatable bonds is 2. The first-order valence-electron chi connectivity index (χ1n) is 3.80. The predicted molar refractivity (Wildman–Crippen MR) is 51.8 cm³/mol. The molecule has 0 N–H and O–H groups in total. The molecule has 1 aromatic heterocycles. The van der Waals surface area contributed by atoms with Gasteiger partial charge in [-0.05, 0) is 0 Å². The van der Waals surface area contributed by atoms with Crippen LogP contribution in [0.15, 0.2) is 17.2 Å². The third-order valence-corrected chi connectivity index (χ3v) is 3.50. The van der Waals surface area contributed by atoms with Crippen molar-refractivity contribution in [2.24, 2.45) is 0 Å². The van der Waals surface area contributed by atoms with Crippen molar-refractivity contribution < 1.29 is 9.47 Å². The van der Waals surface area contributed by atoms with E-state index in [1.165, 1.54) is 4.26 Å². The second-order valence-electron chi connectivity index (χ2n) is 2.53. The standard InChI is InChI=1S/C9H9NO2Se/c1-11-7-3-6-9(13-5-10-6)4-8(7)12-2/h3-5H,1-2H3. The fraction of sp³-hybridized carbons (Fsp3) is 0.222. The Kier molecular flexibility index (Phi) is 2.25. The summed E-state index contributed by atoms with van der Waals surface area (Å²) in [6.45, 7) is 0. The van der Waals surface area contributed by atoms with Crippen LogP contribution in [0.1, 0.15) is 0 Å². The molecule has 0 aliphatic rings. The molecule has 2 aromatic rings. The molecule has 0 atom stereocenters. The Morgan fingerprint density at radius 2 is 1.85 bits per heavy atom. The molecule has 1 heterocycles. The average molecular weight is 242 g/mol. The van der Waals surface area contributed by atoms with Crippen LogP contribution >= 0.6 is 0 Å². The molecule has 3 nitrogen and oxygen atoms in total. The predicted octanol–water partition coefficient (Wildman–Crippen LogP) is 1.31. The van der Waals surface area contributed by atoms with Gasteiger partial charge in [0.1, 0.15) is 0 Å². The third kappa shape index (κ3) is 1.43. The molecule has 68 valence electrons. The van der Waals surface area contributed by atoms with Crippen molar-refractivity contribution >= 4 is 24.3 Å². The zero-order valence-electron chi connectivity index (χ0n) is 7.40. The van der Waals surface area contributed by atoms with E-state index in [-0.39, 0.29) is 0 Å². The molecule has 0 aliphatic carbocycles. The number of hydrogen-bond donors (Lipinski definition) is 0. The molecule has 4 heteroatoms. The van der Waals surface area contributed by atoms with Crippen molar-refractivity contribution in [3.05, 3.63) is 17.2 Å². The van der Waals surface area contributed by atoms with Crippen LogP contribution in [0.5, 0.6) is 11.5 Å². The van der Waals surface area contributed by atoms with Gasteiger partial charge in [0.05, 0.1) is 0 Å². The van der Waals surface area contributed by atoms with Gasteiger partial charge in [0.15, 0.2) is 0 Å². The van der Waals surface area contributed by atoms with Gasteiger partial charge in [-0.1, -0.05) is 0 Å². The Bertz CT molecular complexity index is 386. The van der Waals surface area contributed by atoms with E-state index in [0.29, 0.717) is 14.5 Å². The van der Waals surface area contributed by atoms with Gasteiger partial charge in [0.2, 0.25) is 0 Å². The Morgan fingerprint density at radius 1 is 1.15 bits per heavy atom. The Balaban J connectivity index is 2.67. The summed E-state index contributed by atoms with van der Waals surface area (Å²) in [6.07, 6.45) is 0. The molecule has 0 saturated carbocycles. The van der Waals surface area contributed by atoms with Gasteiger partial charge in [-0.2, -0.15) is 0 Å². The van der Waals surface area contributed by atoms with Crippen molar-refractivity contribution in [2.75, 3.05) is 14.2 Å². The van der Waals surface area contributed by atoms with Crippen LogP contribution in [0.4, 0.5) is 0 Å². The molecule has 0 radical (unpaired) electrons. The molecule has 0 aliphatic heterocycles. The normalized spacial score (nSPS) is 10.3. The SMILES string of the molecule is COc1cc2nc[se]c2cc1OC. The molecular formula is C9H9NO2Se. The molecule has 1 aromatic carbocycles. The summed E-state index contributed by atoms with van der Waals surface area (Å²) in [7, 11) is 3.28. The summed E-state index contributed by atoms with van der Waals surface area (Å²) >= 11 is 0.356. The van der Waals surface area contributed by atoms with E-state index in [0.717, 1.165) is 17.0 Å². The first kappa shape index (κ1) is 8.60. The molecule has 2 rings (SSSR count). The van der Waals surface area contributed by atoms with E-state index in [4.69, 9.17) is 9.47 Å². The number of fused-ring (bicyclic) bond motifs is 1. The van der Waals surface area contributed by atoms with Gasteiger partial charge >= 0.3 is 81.7 Å². The van der Waals surface area contributed by atoms with E-state index in [9.17, 15) is 0 Å². The van der Waals surface area contributed by atoms with Crippen LogP contribution < -0.4 is 9.47 Å². The third-order valence-electron chi connectivity index (χ3n) is 1.84. The molecule has 0 fully saturated rings. The summed E-state index contributed by atoms with van der Waals surface area (Å²) in [5.74, 6) is 1.53.